The summed E-state index contributed by atoms with van der Waals surface area (Å²) in [4.78, 5) is 1.37. The van der Waals surface area contributed by atoms with Gasteiger partial charge in [-0.1, -0.05) is 32.0 Å². The van der Waals surface area contributed by atoms with Crippen LogP contribution in [0.25, 0.3) is 0 Å². The highest BCUT2D eigenvalue weighted by Gasteiger charge is 2.15. The molecule has 98 valence electrons. The second-order valence-electron chi connectivity index (χ2n) is 4.93. The molecule has 2 nitrogen and oxygen atoms in total. The molecule has 1 unspecified atom stereocenters. The van der Waals surface area contributed by atoms with E-state index in [2.05, 4.69) is 48.8 Å². The van der Waals surface area contributed by atoms with E-state index in [1.807, 2.05) is 18.2 Å². The van der Waals surface area contributed by atoms with Crippen molar-refractivity contribution in [1.82, 2.24) is 5.32 Å². The zero-order valence-corrected chi connectivity index (χ0v) is 12.1. The van der Waals surface area contributed by atoms with Crippen LogP contribution < -0.4 is 5.32 Å². The molecule has 0 aliphatic heterocycles. The lowest BCUT2D eigenvalue weighted by molar-refractivity contribution is 0.416. The average Bonchev–Trinajstić information content (AvgIpc) is 2.93. The fraction of sp³-hybridized carbons (Fsp3) is 0.312. The molecule has 0 fully saturated rings. The quantitative estimate of drug-likeness (QED) is 0.887. The van der Waals surface area contributed by atoms with Gasteiger partial charge in [-0.3, -0.25) is 0 Å². The van der Waals surface area contributed by atoms with Gasteiger partial charge in [0, 0.05) is 17.5 Å². The lowest BCUT2D eigenvalue weighted by Crippen LogP contribution is -2.24. The number of thiophene rings is 1. The maximum atomic E-state index is 8.91. The van der Waals surface area contributed by atoms with Gasteiger partial charge < -0.3 is 5.32 Å². The molecule has 0 aliphatic carbocycles. The van der Waals surface area contributed by atoms with E-state index in [9.17, 15) is 0 Å². The van der Waals surface area contributed by atoms with Gasteiger partial charge in [-0.25, -0.2) is 0 Å². The molecule has 19 heavy (non-hydrogen) atoms. The lowest BCUT2D eigenvalue weighted by atomic mass is 10.0. The molecule has 0 aliphatic rings. The van der Waals surface area contributed by atoms with Gasteiger partial charge in [-0.2, -0.15) is 5.26 Å². The fourth-order valence-corrected chi connectivity index (χ4v) is 3.09. The number of benzene rings is 1. The van der Waals surface area contributed by atoms with E-state index >= 15 is 0 Å². The highest BCUT2D eigenvalue weighted by atomic mass is 32.1. The maximum absolute atomic E-state index is 8.91. The summed E-state index contributed by atoms with van der Waals surface area (Å²) in [6.07, 6.45) is 0. The smallest absolute Gasteiger partial charge is 0.0991 e. The number of hydrogen-bond acceptors (Lipinski definition) is 3. The van der Waals surface area contributed by atoms with Gasteiger partial charge in [-0.05, 0) is 35.1 Å². The molecule has 1 aromatic heterocycles. The molecule has 1 N–H and O–H groups in total. The van der Waals surface area contributed by atoms with Gasteiger partial charge in [-0.15, -0.1) is 11.3 Å². The molecule has 0 saturated carbocycles. The zero-order chi connectivity index (χ0) is 13.7. The van der Waals surface area contributed by atoms with E-state index in [0.717, 1.165) is 17.7 Å². The summed E-state index contributed by atoms with van der Waals surface area (Å²) < 4.78 is 0. The summed E-state index contributed by atoms with van der Waals surface area (Å²) in [6.45, 7) is 5.24. The van der Waals surface area contributed by atoms with Gasteiger partial charge >= 0.3 is 0 Å². The molecule has 1 heterocycles. The average molecular weight is 270 g/mol. The Kier molecular flexibility index (Phi) is 4.73. The zero-order valence-electron chi connectivity index (χ0n) is 11.3. The van der Waals surface area contributed by atoms with E-state index in [4.69, 9.17) is 5.26 Å². The van der Waals surface area contributed by atoms with Crippen molar-refractivity contribution in [2.45, 2.75) is 26.4 Å². The Morgan fingerprint density at radius 2 is 2.11 bits per heavy atom. The van der Waals surface area contributed by atoms with Crippen molar-refractivity contribution in [3.8, 4) is 6.07 Å². The largest absolute Gasteiger partial charge is 0.305 e. The van der Waals surface area contributed by atoms with Crippen molar-refractivity contribution in [3.63, 3.8) is 0 Å². The summed E-state index contributed by atoms with van der Waals surface area (Å²) in [6, 6.07) is 14.6. The number of nitrogens with one attached hydrogen (secondary N) is 1. The van der Waals surface area contributed by atoms with Crippen LogP contribution in [-0.4, -0.2) is 0 Å². The van der Waals surface area contributed by atoms with Crippen molar-refractivity contribution >= 4 is 11.3 Å². The normalized spacial score (nSPS) is 12.3. The van der Waals surface area contributed by atoms with E-state index in [1.54, 1.807) is 11.3 Å². The molecular formula is C16H18N2S. The van der Waals surface area contributed by atoms with Crippen LogP contribution in [0, 0.1) is 17.2 Å². The molecule has 0 amide bonds. The van der Waals surface area contributed by atoms with Gasteiger partial charge in [0.15, 0.2) is 0 Å². The van der Waals surface area contributed by atoms with Gasteiger partial charge in [0.25, 0.3) is 0 Å². The summed E-state index contributed by atoms with van der Waals surface area (Å²) in [5.74, 6) is 0.540. The van der Waals surface area contributed by atoms with E-state index < -0.39 is 0 Å². The minimum atomic E-state index is 0.366. The lowest BCUT2D eigenvalue weighted by Gasteiger charge is -2.21. The Hall–Kier alpha value is -1.63. The molecule has 0 spiro atoms. The first-order chi connectivity index (χ1) is 9.20. The number of rotatable bonds is 5. The van der Waals surface area contributed by atoms with Crippen molar-refractivity contribution in [2.75, 3.05) is 0 Å². The predicted molar refractivity (Wildman–Crippen MR) is 79.9 cm³/mol. The van der Waals surface area contributed by atoms with Gasteiger partial charge in [0.2, 0.25) is 0 Å². The molecule has 1 aromatic carbocycles. The second kappa shape index (κ2) is 6.51. The summed E-state index contributed by atoms with van der Waals surface area (Å²) in [5.41, 5.74) is 1.87. The molecule has 0 saturated heterocycles. The second-order valence-corrected chi connectivity index (χ2v) is 5.91. The Morgan fingerprint density at radius 3 is 2.74 bits per heavy atom. The fourth-order valence-electron chi connectivity index (χ4n) is 2.11. The van der Waals surface area contributed by atoms with Crippen LogP contribution in [0.15, 0.2) is 41.8 Å². The number of nitrogens with zero attached hydrogens (tertiary/aromatic N) is 1. The van der Waals surface area contributed by atoms with Crippen LogP contribution in [0.1, 0.15) is 35.9 Å². The number of nitriles is 1. The Balaban J connectivity index is 2.05. The minimum Gasteiger partial charge on any atom is -0.305 e. The van der Waals surface area contributed by atoms with Gasteiger partial charge in [0.1, 0.15) is 0 Å². The number of hydrogen-bond donors (Lipinski definition) is 1. The highest BCUT2D eigenvalue weighted by Crippen LogP contribution is 2.26. The Morgan fingerprint density at radius 1 is 1.26 bits per heavy atom. The summed E-state index contributed by atoms with van der Waals surface area (Å²) in [5, 5.41) is 14.6. The van der Waals surface area contributed by atoms with Crippen molar-refractivity contribution in [1.29, 1.82) is 5.26 Å². The third kappa shape index (κ3) is 3.66. The predicted octanol–water partition coefficient (Wildman–Crippen LogP) is 4.11. The monoisotopic (exact) mass is 270 g/mol. The van der Waals surface area contributed by atoms with Crippen LogP contribution in [0.2, 0.25) is 0 Å². The summed E-state index contributed by atoms with van der Waals surface area (Å²) in [7, 11) is 0. The molecule has 0 bridgehead atoms. The van der Waals surface area contributed by atoms with Crippen LogP contribution >= 0.6 is 11.3 Å². The van der Waals surface area contributed by atoms with Crippen LogP contribution in [0.4, 0.5) is 0 Å². The van der Waals surface area contributed by atoms with Crippen LogP contribution in [-0.2, 0) is 6.54 Å². The SMILES string of the molecule is CC(C)C(NCc1cccc(C#N)c1)c1cccs1. The molecule has 2 rings (SSSR count). The Labute approximate surface area is 118 Å². The highest BCUT2D eigenvalue weighted by molar-refractivity contribution is 7.10. The van der Waals surface area contributed by atoms with Crippen LogP contribution in [0.3, 0.4) is 0 Å². The first-order valence-electron chi connectivity index (χ1n) is 6.46. The standard InChI is InChI=1S/C16H18N2S/c1-12(2)16(15-7-4-8-19-15)18-11-14-6-3-5-13(9-14)10-17/h3-9,12,16,18H,11H2,1-2H3. The summed E-state index contributed by atoms with van der Waals surface area (Å²) >= 11 is 1.79. The van der Waals surface area contributed by atoms with E-state index in [0.29, 0.717) is 12.0 Å². The third-order valence-corrected chi connectivity index (χ3v) is 4.05. The molecule has 0 radical (unpaired) electrons. The molecular weight excluding hydrogens is 252 g/mol. The molecule has 2 aromatic rings. The first kappa shape index (κ1) is 13.8. The first-order valence-corrected chi connectivity index (χ1v) is 7.34. The minimum absolute atomic E-state index is 0.366. The van der Waals surface area contributed by atoms with Crippen molar-refractivity contribution < 1.29 is 0 Å². The Bertz CT molecular complexity index is 552. The van der Waals surface area contributed by atoms with Crippen molar-refractivity contribution in [3.05, 3.63) is 57.8 Å². The van der Waals surface area contributed by atoms with Gasteiger partial charge in [0.05, 0.1) is 11.6 Å². The van der Waals surface area contributed by atoms with E-state index in [1.165, 1.54) is 4.88 Å². The van der Waals surface area contributed by atoms with Crippen molar-refractivity contribution in [2.24, 2.45) is 5.92 Å². The molecule has 1 atom stereocenters. The maximum Gasteiger partial charge on any atom is 0.0991 e. The molecule has 3 heteroatoms. The topological polar surface area (TPSA) is 35.8 Å². The third-order valence-electron chi connectivity index (χ3n) is 3.10. The van der Waals surface area contributed by atoms with E-state index in [-0.39, 0.29) is 0 Å². The van der Waals surface area contributed by atoms with Crippen LogP contribution in [0.5, 0.6) is 0 Å².